The average Bonchev–Trinajstić information content (AvgIpc) is 2.76. The highest BCUT2D eigenvalue weighted by molar-refractivity contribution is 7.99. The highest BCUT2D eigenvalue weighted by Gasteiger charge is 2.12. The van der Waals surface area contributed by atoms with Gasteiger partial charge in [-0.05, 0) is 17.9 Å². The van der Waals surface area contributed by atoms with Gasteiger partial charge in [-0.15, -0.1) is 10.2 Å². The van der Waals surface area contributed by atoms with E-state index in [2.05, 4.69) is 10.2 Å². The molecule has 0 fully saturated rings. The average molecular weight is 340 g/mol. The summed E-state index contributed by atoms with van der Waals surface area (Å²) in [7, 11) is 0. The molecule has 0 spiro atoms. The van der Waals surface area contributed by atoms with Gasteiger partial charge in [0.25, 0.3) is 11.1 Å². The molecular formula is C11H9Cl3N2O2S. The van der Waals surface area contributed by atoms with Crippen molar-refractivity contribution in [2.75, 3.05) is 5.75 Å². The summed E-state index contributed by atoms with van der Waals surface area (Å²) < 4.78 is 10.8. The van der Waals surface area contributed by atoms with Gasteiger partial charge in [-0.2, -0.15) is 0 Å². The van der Waals surface area contributed by atoms with Gasteiger partial charge in [0.2, 0.25) is 0 Å². The maximum atomic E-state index is 5.99. The minimum absolute atomic E-state index is 0.0956. The molecule has 1 aromatic carbocycles. The zero-order valence-corrected chi connectivity index (χ0v) is 12.9. The number of hydrogen-bond donors (Lipinski definition) is 0. The number of benzene rings is 1. The Bertz CT molecular complexity index is 554. The minimum Gasteiger partial charge on any atom is -0.481 e. The van der Waals surface area contributed by atoms with Gasteiger partial charge < -0.3 is 9.15 Å². The van der Waals surface area contributed by atoms with Gasteiger partial charge in [-0.1, -0.05) is 53.5 Å². The number of rotatable bonds is 5. The van der Waals surface area contributed by atoms with E-state index in [1.54, 1.807) is 12.1 Å². The van der Waals surface area contributed by atoms with Gasteiger partial charge in [0.1, 0.15) is 0 Å². The van der Waals surface area contributed by atoms with Crippen LogP contribution in [0.4, 0.5) is 0 Å². The molecule has 0 saturated carbocycles. The van der Waals surface area contributed by atoms with Gasteiger partial charge in [0.05, 0.1) is 10.0 Å². The standard InChI is InChI=1S/C11H9Cl3N2O2S/c1-2-19-11-16-15-9(18-11)5-17-10-7(13)3-6(12)4-8(10)14/h3-4H,2,5H2,1H3. The van der Waals surface area contributed by atoms with Crippen LogP contribution in [0.5, 0.6) is 5.75 Å². The lowest BCUT2D eigenvalue weighted by molar-refractivity contribution is 0.252. The van der Waals surface area contributed by atoms with Crippen LogP contribution in [0.2, 0.25) is 15.1 Å². The molecule has 8 heteroatoms. The van der Waals surface area contributed by atoms with Crippen molar-refractivity contribution in [3.8, 4) is 5.75 Å². The molecule has 4 nitrogen and oxygen atoms in total. The zero-order chi connectivity index (χ0) is 13.8. The van der Waals surface area contributed by atoms with E-state index in [1.807, 2.05) is 6.92 Å². The predicted octanol–water partition coefficient (Wildman–Crippen LogP) is 4.72. The molecule has 0 atom stereocenters. The Balaban J connectivity index is 2.05. The lowest BCUT2D eigenvalue weighted by Crippen LogP contribution is -1.97. The third-order valence-corrected chi connectivity index (χ3v) is 3.50. The first kappa shape index (κ1) is 14.8. The third-order valence-electron chi connectivity index (χ3n) is 2.02. The first-order valence-electron chi connectivity index (χ1n) is 5.32. The van der Waals surface area contributed by atoms with Crippen LogP contribution in [0.3, 0.4) is 0 Å². The molecule has 0 N–H and O–H groups in total. The maximum absolute atomic E-state index is 5.99. The van der Waals surface area contributed by atoms with E-state index in [0.717, 1.165) is 5.75 Å². The van der Waals surface area contributed by atoms with E-state index in [-0.39, 0.29) is 6.61 Å². The number of thioether (sulfide) groups is 1. The Labute approximate surface area is 129 Å². The first-order chi connectivity index (χ1) is 9.10. The number of ether oxygens (including phenoxy) is 1. The van der Waals surface area contributed by atoms with E-state index in [9.17, 15) is 0 Å². The van der Waals surface area contributed by atoms with Crippen molar-refractivity contribution in [1.82, 2.24) is 10.2 Å². The van der Waals surface area contributed by atoms with Crippen LogP contribution >= 0.6 is 46.6 Å². The molecule has 0 aliphatic rings. The van der Waals surface area contributed by atoms with Crippen LogP contribution in [0.1, 0.15) is 12.8 Å². The van der Waals surface area contributed by atoms with Crippen LogP contribution in [-0.2, 0) is 6.61 Å². The maximum Gasteiger partial charge on any atom is 0.276 e. The number of nitrogens with zero attached hydrogens (tertiary/aromatic N) is 2. The topological polar surface area (TPSA) is 48.2 Å². The molecule has 2 rings (SSSR count). The Morgan fingerprint density at radius 3 is 2.53 bits per heavy atom. The molecule has 0 aliphatic heterocycles. The molecule has 2 aromatic rings. The van der Waals surface area contributed by atoms with Crippen molar-refractivity contribution >= 4 is 46.6 Å². The molecule has 0 aliphatic carbocycles. The van der Waals surface area contributed by atoms with Crippen molar-refractivity contribution in [3.63, 3.8) is 0 Å². The van der Waals surface area contributed by atoms with E-state index in [1.165, 1.54) is 11.8 Å². The van der Waals surface area contributed by atoms with Gasteiger partial charge in [-0.25, -0.2) is 0 Å². The normalized spacial score (nSPS) is 10.7. The summed E-state index contributed by atoms with van der Waals surface area (Å²) in [6.45, 7) is 2.09. The SMILES string of the molecule is CCSc1nnc(COc2c(Cl)cc(Cl)cc2Cl)o1. The lowest BCUT2D eigenvalue weighted by Gasteiger charge is -2.08. The monoisotopic (exact) mass is 338 g/mol. The predicted molar refractivity (Wildman–Crippen MR) is 76.5 cm³/mol. The Hall–Kier alpha value is -0.620. The Morgan fingerprint density at radius 2 is 1.89 bits per heavy atom. The van der Waals surface area contributed by atoms with Gasteiger partial charge in [0, 0.05) is 5.02 Å². The fraction of sp³-hybridized carbons (Fsp3) is 0.273. The lowest BCUT2D eigenvalue weighted by atomic mass is 10.3. The largest absolute Gasteiger partial charge is 0.481 e. The van der Waals surface area contributed by atoms with Gasteiger partial charge in [-0.3, -0.25) is 0 Å². The molecule has 1 aromatic heterocycles. The molecule has 0 saturated heterocycles. The number of halogens is 3. The van der Waals surface area contributed by atoms with Crippen molar-refractivity contribution < 1.29 is 9.15 Å². The highest BCUT2D eigenvalue weighted by Crippen LogP contribution is 2.36. The molecule has 0 amide bonds. The van der Waals surface area contributed by atoms with Gasteiger partial charge in [0.15, 0.2) is 12.4 Å². The summed E-state index contributed by atoms with van der Waals surface area (Å²) in [5.74, 6) is 1.56. The highest BCUT2D eigenvalue weighted by atomic mass is 35.5. The summed E-state index contributed by atoms with van der Waals surface area (Å²) in [5.41, 5.74) is 0. The molecule has 19 heavy (non-hydrogen) atoms. The molecule has 1 heterocycles. The zero-order valence-electron chi connectivity index (χ0n) is 9.82. The molecular weight excluding hydrogens is 331 g/mol. The van der Waals surface area contributed by atoms with Crippen molar-refractivity contribution in [2.24, 2.45) is 0 Å². The van der Waals surface area contributed by atoms with Crippen LogP contribution in [0, 0.1) is 0 Å². The van der Waals surface area contributed by atoms with E-state index in [4.69, 9.17) is 44.0 Å². The molecule has 0 radical (unpaired) electrons. The second kappa shape index (κ2) is 6.70. The van der Waals surface area contributed by atoms with Crippen LogP contribution in [0.25, 0.3) is 0 Å². The smallest absolute Gasteiger partial charge is 0.276 e. The van der Waals surface area contributed by atoms with Crippen LogP contribution < -0.4 is 4.74 Å². The Kier molecular flexibility index (Phi) is 5.21. The second-order valence-corrected chi connectivity index (χ2v) is 5.85. The van der Waals surface area contributed by atoms with Crippen LogP contribution in [-0.4, -0.2) is 16.0 Å². The van der Waals surface area contributed by atoms with E-state index in [0.29, 0.717) is 31.9 Å². The summed E-state index contributed by atoms with van der Waals surface area (Å²) in [6, 6.07) is 3.10. The van der Waals surface area contributed by atoms with Crippen molar-refractivity contribution in [1.29, 1.82) is 0 Å². The number of hydrogen-bond acceptors (Lipinski definition) is 5. The summed E-state index contributed by atoms with van der Waals surface area (Å²) in [5, 5.41) is 9.33. The molecule has 102 valence electrons. The quantitative estimate of drug-likeness (QED) is 0.738. The Morgan fingerprint density at radius 1 is 1.21 bits per heavy atom. The summed E-state index contributed by atoms with van der Waals surface area (Å²) in [4.78, 5) is 0. The molecule has 0 bridgehead atoms. The fourth-order valence-corrected chi connectivity index (χ4v) is 2.71. The van der Waals surface area contributed by atoms with Crippen molar-refractivity contribution in [2.45, 2.75) is 18.8 Å². The fourth-order valence-electron chi connectivity index (χ4n) is 1.28. The third kappa shape index (κ3) is 3.92. The molecule has 0 unspecified atom stereocenters. The summed E-state index contributed by atoms with van der Waals surface area (Å²) >= 11 is 19.3. The minimum atomic E-state index is 0.0956. The van der Waals surface area contributed by atoms with Crippen LogP contribution in [0.15, 0.2) is 21.8 Å². The second-order valence-electron chi connectivity index (χ2n) is 3.38. The van der Waals surface area contributed by atoms with E-state index >= 15 is 0 Å². The van der Waals surface area contributed by atoms with E-state index < -0.39 is 0 Å². The van der Waals surface area contributed by atoms with Gasteiger partial charge >= 0.3 is 0 Å². The summed E-state index contributed by atoms with van der Waals surface area (Å²) in [6.07, 6.45) is 0. The number of aromatic nitrogens is 2. The first-order valence-corrected chi connectivity index (χ1v) is 7.44. The van der Waals surface area contributed by atoms with Crippen molar-refractivity contribution in [3.05, 3.63) is 33.1 Å².